The van der Waals surface area contributed by atoms with Crippen molar-refractivity contribution in [2.24, 2.45) is 0 Å². The van der Waals surface area contributed by atoms with E-state index in [0.717, 1.165) is 21.5 Å². The Bertz CT molecular complexity index is 671. The van der Waals surface area contributed by atoms with Crippen LogP contribution in [0.1, 0.15) is 5.56 Å². The molecule has 0 bridgehead atoms. The molecule has 17 heavy (non-hydrogen) atoms. The van der Waals surface area contributed by atoms with E-state index in [9.17, 15) is 0 Å². The maximum atomic E-state index is 4.53. The van der Waals surface area contributed by atoms with Crippen LogP contribution in [0.5, 0.6) is 0 Å². The molecule has 1 heterocycles. The van der Waals surface area contributed by atoms with E-state index < -0.39 is 0 Å². The Hall–Kier alpha value is -1.61. The monoisotopic (exact) mass is 286 g/mol. The largest absolute Gasteiger partial charge is 0.287 e. The van der Waals surface area contributed by atoms with Gasteiger partial charge in [0.2, 0.25) is 0 Å². The number of aromatic nitrogens is 2. The fourth-order valence-electron chi connectivity index (χ4n) is 1.98. The summed E-state index contributed by atoms with van der Waals surface area (Å²) >= 11 is 3.52. The van der Waals surface area contributed by atoms with Gasteiger partial charge in [0.15, 0.2) is 4.73 Å². The first-order chi connectivity index (χ1) is 8.25. The minimum absolute atomic E-state index is 0.837. The van der Waals surface area contributed by atoms with Gasteiger partial charge in [-0.3, -0.25) is 4.57 Å². The quantitative estimate of drug-likeness (QED) is 0.659. The Morgan fingerprint density at radius 3 is 2.59 bits per heavy atom. The SMILES string of the molecule is Cc1ccc2c(c1)nc(Br)n2-c1ccccc1. The lowest BCUT2D eigenvalue weighted by Crippen LogP contribution is -1.93. The third-order valence-corrected chi connectivity index (χ3v) is 3.32. The fourth-order valence-corrected chi connectivity index (χ4v) is 2.57. The van der Waals surface area contributed by atoms with Crippen LogP contribution in [0.25, 0.3) is 16.7 Å². The second-order valence-corrected chi connectivity index (χ2v) is 4.75. The van der Waals surface area contributed by atoms with Crippen molar-refractivity contribution in [3.05, 3.63) is 58.8 Å². The molecule has 84 valence electrons. The summed E-state index contributed by atoms with van der Waals surface area (Å²) in [5.74, 6) is 0. The van der Waals surface area contributed by atoms with Crippen molar-refractivity contribution >= 4 is 27.0 Å². The van der Waals surface area contributed by atoms with Crippen LogP contribution in [-0.2, 0) is 0 Å². The minimum Gasteiger partial charge on any atom is -0.287 e. The van der Waals surface area contributed by atoms with Gasteiger partial charge in [-0.15, -0.1) is 0 Å². The number of aryl methyl sites for hydroxylation is 1. The average Bonchev–Trinajstić information content (AvgIpc) is 2.65. The van der Waals surface area contributed by atoms with E-state index >= 15 is 0 Å². The van der Waals surface area contributed by atoms with Crippen molar-refractivity contribution in [2.45, 2.75) is 6.92 Å². The smallest absolute Gasteiger partial charge is 0.182 e. The lowest BCUT2D eigenvalue weighted by atomic mass is 10.2. The molecular formula is C14H11BrN2. The first kappa shape index (κ1) is 10.5. The molecule has 2 nitrogen and oxygen atoms in total. The van der Waals surface area contributed by atoms with Crippen LogP contribution in [0.3, 0.4) is 0 Å². The van der Waals surface area contributed by atoms with E-state index in [1.165, 1.54) is 5.56 Å². The molecule has 1 aromatic heterocycles. The van der Waals surface area contributed by atoms with Crippen LogP contribution < -0.4 is 0 Å². The van der Waals surface area contributed by atoms with Gasteiger partial charge in [-0.2, -0.15) is 0 Å². The molecule has 0 aliphatic carbocycles. The van der Waals surface area contributed by atoms with Crippen LogP contribution >= 0.6 is 15.9 Å². The molecule has 0 N–H and O–H groups in total. The summed E-state index contributed by atoms with van der Waals surface area (Å²) in [4.78, 5) is 4.53. The van der Waals surface area contributed by atoms with Crippen LogP contribution in [0.2, 0.25) is 0 Å². The standard InChI is InChI=1S/C14H11BrN2/c1-10-7-8-13-12(9-10)16-14(15)17(13)11-5-3-2-4-6-11/h2-9H,1H3. The molecule has 3 rings (SSSR count). The zero-order valence-corrected chi connectivity index (χ0v) is 11.0. The highest BCUT2D eigenvalue weighted by Gasteiger charge is 2.09. The Balaban J connectivity index is 2.33. The Labute approximate surface area is 108 Å². The highest BCUT2D eigenvalue weighted by atomic mass is 79.9. The number of imidazole rings is 1. The second kappa shape index (κ2) is 4.00. The number of benzene rings is 2. The summed E-state index contributed by atoms with van der Waals surface area (Å²) in [6.07, 6.45) is 0. The third-order valence-electron chi connectivity index (χ3n) is 2.78. The Morgan fingerprint density at radius 1 is 1.06 bits per heavy atom. The summed E-state index contributed by atoms with van der Waals surface area (Å²) in [6.45, 7) is 2.08. The molecule has 0 fully saturated rings. The molecule has 0 saturated carbocycles. The highest BCUT2D eigenvalue weighted by molar-refractivity contribution is 9.10. The molecule has 0 saturated heterocycles. The number of rotatable bonds is 1. The van der Waals surface area contributed by atoms with E-state index in [-0.39, 0.29) is 0 Å². The van der Waals surface area contributed by atoms with Crippen molar-refractivity contribution in [3.63, 3.8) is 0 Å². The van der Waals surface area contributed by atoms with Gasteiger partial charge in [0.1, 0.15) is 0 Å². The van der Waals surface area contributed by atoms with E-state index in [1.807, 2.05) is 18.2 Å². The highest BCUT2D eigenvalue weighted by Crippen LogP contribution is 2.25. The fraction of sp³-hybridized carbons (Fsp3) is 0.0714. The summed E-state index contributed by atoms with van der Waals surface area (Å²) in [5, 5.41) is 0. The van der Waals surface area contributed by atoms with E-state index in [2.05, 4.69) is 62.7 Å². The summed E-state index contributed by atoms with van der Waals surface area (Å²) in [7, 11) is 0. The van der Waals surface area contributed by atoms with E-state index in [4.69, 9.17) is 0 Å². The third kappa shape index (κ3) is 1.76. The predicted octanol–water partition coefficient (Wildman–Crippen LogP) is 4.10. The molecule has 0 spiro atoms. The normalized spacial score (nSPS) is 10.9. The zero-order valence-electron chi connectivity index (χ0n) is 9.39. The molecule has 0 radical (unpaired) electrons. The van der Waals surface area contributed by atoms with Gasteiger partial charge in [-0.25, -0.2) is 4.98 Å². The van der Waals surface area contributed by atoms with Gasteiger partial charge in [0.25, 0.3) is 0 Å². The number of fused-ring (bicyclic) bond motifs is 1. The Morgan fingerprint density at radius 2 is 1.82 bits per heavy atom. The molecule has 2 aromatic carbocycles. The number of hydrogen-bond acceptors (Lipinski definition) is 1. The molecule has 0 amide bonds. The molecule has 0 aliphatic rings. The van der Waals surface area contributed by atoms with Crippen LogP contribution in [0.4, 0.5) is 0 Å². The van der Waals surface area contributed by atoms with Gasteiger partial charge in [0, 0.05) is 5.69 Å². The number of halogens is 1. The lowest BCUT2D eigenvalue weighted by molar-refractivity contribution is 1.05. The molecule has 3 aromatic rings. The van der Waals surface area contributed by atoms with Crippen LogP contribution in [0.15, 0.2) is 53.3 Å². The van der Waals surface area contributed by atoms with Crippen LogP contribution in [-0.4, -0.2) is 9.55 Å². The van der Waals surface area contributed by atoms with Gasteiger partial charge in [-0.05, 0) is 52.7 Å². The van der Waals surface area contributed by atoms with Gasteiger partial charge < -0.3 is 0 Å². The molecule has 0 unspecified atom stereocenters. The molecule has 3 heteroatoms. The average molecular weight is 287 g/mol. The predicted molar refractivity (Wildman–Crippen MR) is 73.5 cm³/mol. The molecular weight excluding hydrogens is 276 g/mol. The maximum Gasteiger partial charge on any atom is 0.182 e. The zero-order chi connectivity index (χ0) is 11.8. The van der Waals surface area contributed by atoms with Gasteiger partial charge >= 0.3 is 0 Å². The number of hydrogen-bond donors (Lipinski definition) is 0. The van der Waals surface area contributed by atoms with Crippen molar-refractivity contribution in [1.82, 2.24) is 9.55 Å². The minimum atomic E-state index is 0.837. The first-order valence-electron chi connectivity index (χ1n) is 5.46. The number of para-hydroxylation sites is 1. The van der Waals surface area contributed by atoms with Crippen molar-refractivity contribution < 1.29 is 0 Å². The molecule has 0 atom stereocenters. The van der Waals surface area contributed by atoms with E-state index in [1.54, 1.807) is 0 Å². The molecule has 0 aliphatic heterocycles. The van der Waals surface area contributed by atoms with Crippen molar-refractivity contribution in [2.75, 3.05) is 0 Å². The summed E-state index contributed by atoms with van der Waals surface area (Å²) in [5.41, 5.74) is 4.47. The van der Waals surface area contributed by atoms with Crippen molar-refractivity contribution in [3.8, 4) is 5.69 Å². The first-order valence-corrected chi connectivity index (χ1v) is 6.25. The summed E-state index contributed by atoms with van der Waals surface area (Å²) < 4.78 is 2.94. The summed E-state index contributed by atoms with van der Waals surface area (Å²) in [6, 6.07) is 16.5. The Kier molecular flexibility index (Phi) is 2.48. The van der Waals surface area contributed by atoms with Crippen LogP contribution in [0, 0.1) is 6.92 Å². The van der Waals surface area contributed by atoms with Crippen molar-refractivity contribution in [1.29, 1.82) is 0 Å². The van der Waals surface area contributed by atoms with Gasteiger partial charge in [-0.1, -0.05) is 24.3 Å². The van der Waals surface area contributed by atoms with E-state index in [0.29, 0.717) is 0 Å². The lowest BCUT2D eigenvalue weighted by Gasteiger charge is -2.05. The maximum absolute atomic E-state index is 4.53. The number of nitrogens with zero attached hydrogens (tertiary/aromatic N) is 2. The van der Waals surface area contributed by atoms with Gasteiger partial charge in [0.05, 0.1) is 11.0 Å². The topological polar surface area (TPSA) is 17.8 Å². The second-order valence-electron chi connectivity index (χ2n) is 4.04.